The maximum absolute atomic E-state index is 12.5. The molecule has 3 aromatic rings. The highest BCUT2D eigenvalue weighted by Crippen LogP contribution is 2.27. The molecule has 0 aliphatic rings. The average Bonchev–Trinajstić information content (AvgIpc) is 2.61. The highest BCUT2D eigenvalue weighted by Gasteiger charge is 2.20. The topological polar surface area (TPSA) is 92.3 Å². The molecule has 0 aromatic heterocycles. The van der Waals surface area contributed by atoms with Crippen LogP contribution in [-0.2, 0) is 20.0 Å². The number of hydrogen-bond donors (Lipinski definition) is 2. The van der Waals surface area contributed by atoms with Crippen molar-refractivity contribution in [2.45, 2.75) is 9.79 Å². The van der Waals surface area contributed by atoms with Gasteiger partial charge in [0.2, 0.25) is 0 Å². The summed E-state index contributed by atoms with van der Waals surface area (Å²) < 4.78 is 54.9. The Hall–Kier alpha value is -2.26. The fraction of sp³-hybridized carbons (Fsp3) is 0. The monoisotopic (exact) mass is 456 g/mol. The third-order valence-electron chi connectivity index (χ3n) is 3.62. The predicted molar refractivity (Wildman–Crippen MR) is 111 cm³/mol. The maximum Gasteiger partial charge on any atom is 0.263 e. The van der Waals surface area contributed by atoms with E-state index < -0.39 is 20.0 Å². The number of rotatable bonds is 6. The molecule has 0 unspecified atom stereocenters. The van der Waals surface area contributed by atoms with Gasteiger partial charge in [0.05, 0.1) is 21.4 Å². The fourth-order valence-corrected chi connectivity index (χ4v) is 5.53. The molecule has 0 saturated carbocycles. The Bertz CT molecular complexity index is 1140. The van der Waals surface area contributed by atoms with E-state index in [2.05, 4.69) is 9.44 Å². The van der Waals surface area contributed by atoms with E-state index in [1.54, 1.807) is 24.3 Å². The van der Waals surface area contributed by atoms with Crippen LogP contribution in [0.4, 0.5) is 11.4 Å². The van der Waals surface area contributed by atoms with E-state index in [1.165, 1.54) is 48.5 Å². The van der Waals surface area contributed by atoms with E-state index in [1.807, 2.05) is 0 Å². The van der Waals surface area contributed by atoms with Crippen molar-refractivity contribution >= 4 is 54.6 Å². The van der Waals surface area contributed by atoms with Gasteiger partial charge in [0.1, 0.15) is 9.79 Å². The highest BCUT2D eigenvalue weighted by atomic mass is 35.5. The smallest absolute Gasteiger partial charge is 0.263 e. The molecule has 0 aliphatic carbocycles. The van der Waals surface area contributed by atoms with Crippen molar-refractivity contribution < 1.29 is 16.8 Å². The minimum absolute atomic E-state index is 0.0746. The lowest BCUT2D eigenvalue weighted by molar-refractivity contribution is 0.599. The molecule has 0 aliphatic heterocycles. The molecule has 146 valence electrons. The van der Waals surface area contributed by atoms with Crippen molar-refractivity contribution in [3.05, 3.63) is 82.8 Å². The van der Waals surface area contributed by atoms with Crippen LogP contribution in [0.3, 0.4) is 0 Å². The van der Waals surface area contributed by atoms with Crippen molar-refractivity contribution in [1.82, 2.24) is 0 Å². The summed E-state index contributed by atoms with van der Waals surface area (Å²) in [6.07, 6.45) is 0. The van der Waals surface area contributed by atoms with Crippen LogP contribution in [-0.4, -0.2) is 16.8 Å². The van der Waals surface area contributed by atoms with Crippen LogP contribution in [0.2, 0.25) is 10.0 Å². The van der Waals surface area contributed by atoms with E-state index >= 15 is 0 Å². The summed E-state index contributed by atoms with van der Waals surface area (Å²) in [6, 6.07) is 17.8. The first-order valence-electron chi connectivity index (χ1n) is 7.84. The Labute approximate surface area is 173 Å². The highest BCUT2D eigenvalue weighted by molar-refractivity contribution is 7.93. The minimum Gasteiger partial charge on any atom is -0.280 e. The molecule has 0 amide bonds. The zero-order valence-corrected chi connectivity index (χ0v) is 17.3. The van der Waals surface area contributed by atoms with Crippen molar-refractivity contribution in [1.29, 1.82) is 0 Å². The minimum atomic E-state index is -3.94. The summed E-state index contributed by atoms with van der Waals surface area (Å²) >= 11 is 11.9. The zero-order chi connectivity index (χ0) is 20.4. The molecule has 0 bridgehead atoms. The fourth-order valence-electron chi connectivity index (χ4n) is 2.39. The van der Waals surface area contributed by atoms with Gasteiger partial charge >= 0.3 is 0 Å². The number of benzene rings is 3. The molecule has 0 fully saturated rings. The first kappa shape index (κ1) is 20.5. The summed E-state index contributed by atoms with van der Waals surface area (Å²) in [7, 11) is -7.89. The first-order valence-corrected chi connectivity index (χ1v) is 11.6. The predicted octanol–water partition coefficient (Wildman–Crippen LogP) is 4.60. The van der Waals surface area contributed by atoms with Crippen molar-refractivity contribution in [2.75, 3.05) is 9.44 Å². The number of halogens is 2. The van der Waals surface area contributed by atoms with Gasteiger partial charge in [-0.1, -0.05) is 53.5 Å². The molecule has 0 atom stereocenters. The average molecular weight is 457 g/mol. The largest absolute Gasteiger partial charge is 0.280 e. The Morgan fingerprint density at radius 3 is 1.36 bits per heavy atom. The Kier molecular flexibility index (Phi) is 5.85. The molecule has 0 radical (unpaired) electrons. The quantitative estimate of drug-likeness (QED) is 0.566. The lowest BCUT2D eigenvalue weighted by atomic mass is 10.3. The summed E-state index contributed by atoms with van der Waals surface area (Å²) in [5.41, 5.74) is 0.332. The second-order valence-electron chi connectivity index (χ2n) is 5.65. The molecule has 0 saturated heterocycles. The second kappa shape index (κ2) is 8.00. The Balaban J connectivity index is 1.87. The summed E-state index contributed by atoms with van der Waals surface area (Å²) in [6.45, 7) is 0. The van der Waals surface area contributed by atoms with Crippen molar-refractivity contribution in [2.24, 2.45) is 0 Å². The summed E-state index contributed by atoms with van der Waals surface area (Å²) in [5.74, 6) is 0. The van der Waals surface area contributed by atoms with Crippen LogP contribution in [0, 0.1) is 0 Å². The molecule has 2 N–H and O–H groups in total. The van der Waals surface area contributed by atoms with Crippen LogP contribution < -0.4 is 9.44 Å². The zero-order valence-electron chi connectivity index (χ0n) is 14.1. The summed E-state index contributed by atoms with van der Waals surface area (Å²) in [5, 5.41) is 0.149. The van der Waals surface area contributed by atoms with Crippen LogP contribution in [0.1, 0.15) is 0 Å². The summed E-state index contributed by atoms with van der Waals surface area (Å²) in [4.78, 5) is -0.169. The van der Waals surface area contributed by atoms with Crippen molar-refractivity contribution in [3.63, 3.8) is 0 Å². The van der Waals surface area contributed by atoms with E-state index in [0.29, 0.717) is 0 Å². The molecule has 3 aromatic carbocycles. The van der Waals surface area contributed by atoms with Gasteiger partial charge in [-0.25, -0.2) is 16.8 Å². The number of hydrogen-bond acceptors (Lipinski definition) is 4. The molecular formula is C18H14Cl2N2O4S2. The van der Waals surface area contributed by atoms with Gasteiger partial charge in [0.15, 0.2) is 0 Å². The van der Waals surface area contributed by atoms with Gasteiger partial charge < -0.3 is 0 Å². The second-order valence-corrected chi connectivity index (χ2v) is 9.77. The van der Waals surface area contributed by atoms with Gasteiger partial charge in [-0.05, 0) is 42.5 Å². The molecule has 0 spiro atoms. The Morgan fingerprint density at radius 1 is 0.571 bits per heavy atom. The molecule has 28 heavy (non-hydrogen) atoms. The number of sulfonamides is 2. The van der Waals surface area contributed by atoms with Gasteiger partial charge in [-0.15, -0.1) is 0 Å². The van der Waals surface area contributed by atoms with E-state index in [9.17, 15) is 16.8 Å². The van der Waals surface area contributed by atoms with Crippen LogP contribution in [0.25, 0.3) is 0 Å². The van der Waals surface area contributed by atoms with Gasteiger partial charge in [0.25, 0.3) is 20.0 Å². The lowest BCUT2D eigenvalue weighted by Crippen LogP contribution is -2.15. The van der Waals surface area contributed by atoms with Gasteiger partial charge in [0, 0.05) is 0 Å². The molecule has 3 rings (SSSR count). The molecule has 6 nitrogen and oxygen atoms in total. The maximum atomic E-state index is 12.5. The lowest BCUT2D eigenvalue weighted by Gasteiger charge is -2.12. The molecule has 0 heterocycles. The van der Waals surface area contributed by atoms with Crippen LogP contribution in [0.5, 0.6) is 0 Å². The normalized spacial score (nSPS) is 11.8. The van der Waals surface area contributed by atoms with Gasteiger partial charge in [-0.3, -0.25) is 9.44 Å². The van der Waals surface area contributed by atoms with Crippen molar-refractivity contribution in [3.8, 4) is 0 Å². The van der Waals surface area contributed by atoms with Gasteiger partial charge in [-0.2, -0.15) is 0 Å². The SMILES string of the molecule is O=S(=O)(Nc1cccc(NS(=O)(=O)c2ccccc2Cl)c1)c1ccccc1Cl. The Morgan fingerprint density at radius 2 is 0.964 bits per heavy atom. The van der Waals surface area contributed by atoms with E-state index in [4.69, 9.17) is 23.2 Å². The molecule has 10 heteroatoms. The third kappa shape index (κ3) is 4.59. The molecular weight excluding hydrogens is 443 g/mol. The van der Waals surface area contributed by atoms with E-state index in [-0.39, 0.29) is 31.2 Å². The standard InChI is InChI=1S/C18H14Cl2N2O4S2/c19-15-8-1-3-10-17(15)27(23,24)21-13-6-5-7-14(12-13)22-28(25,26)18-11-4-2-9-16(18)20/h1-12,21-22H. The third-order valence-corrected chi connectivity index (χ3v) is 7.38. The van der Waals surface area contributed by atoms with Crippen LogP contribution in [0.15, 0.2) is 82.6 Å². The number of anilines is 2. The van der Waals surface area contributed by atoms with E-state index in [0.717, 1.165) is 0 Å². The number of nitrogens with one attached hydrogen (secondary N) is 2. The van der Waals surface area contributed by atoms with Crippen LogP contribution >= 0.6 is 23.2 Å². The first-order chi connectivity index (χ1) is 13.2.